The molecule has 18 heavy (non-hydrogen) atoms. The van der Waals surface area contributed by atoms with Gasteiger partial charge in [0.05, 0.1) is 0 Å². The number of hydrogen-bond acceptors (Lipinski definition) is 1. The van der Waals surface area contributed by atoms with E-state index in [4.69, 9.17) is 0 Å². The first kappa shape index (κ1) is 15.2. The lowest BCUT2D eigenvalue weighted by atomic mass is 9.88. The van der Waals surface area contributed by atoms with Crippen molar-refractivity contribution in [1.82, 2.24) is 5.32 Å². The summed E-state index contributed by atoms with van der Waals surface area (Å²) in [6.45, 7) is 14.6. The van der Waals surface area contributed by atoms with Gasteiger partial charge in [-0.1, -0.05) is 45.9 Å². The molecule has 0 saturated heterocycles. The summed E-state index contributed by atoms with van der Waals surface area (Å²) in [6.07, 6.45) is 1.18. The summed E-state index contributed by atoms with van der Waals surface area (Å²) in [5, 5.41) is 3.57. The van der Waals surface area contributed by atoms with E-state index < -0.39 is 0 Å². The van der Waals surface area contributed by atoms with Crippen LogP contribution in [0.5, 0.6) is 0 Å². The molecule has 1 nitrogen and oxygen atoms in total. The number of nitrogens with one attached hydrogen (secondary N) is 1. The molecule has 0 aliphatic heterocycles. The summed E-state index contributed by atoms with van der Waals surface area (Å²) in [7, 11) is 0. The Labute approximate surface area is 113 Å². The fourth-order valence-corrected chi connectivity index (χ4v) is 2.16. The standard InChI is InChI=1S/C17H29N/c1-12(2)17(11-18-13(3)4)10-16-8-7-14(5)15(6)9-16/h7-9,12-13,17-18H,10-11H2,1-6H3. The van der Waals surface area contributed by atoms with E-state index in [1.54, 1.807) is 0 Å². The molecule has 1 aromatic carbocycles. The second-order valence-electron chi connectivity index (χ2n) is 6.19. The Morgan fingerprint density at radius 2 is 1.67 bits per heavy atom. The van der Waals surface area contributed by atoms with Gasteiger partial charge in [0.1, 0.15) is 0 Å². The molecule has 0 radical (unpaired) electrons. The molecule has 0 spiro atoms. The lowest BCUT2D eigenvalue weighted by Gasteiger charge is -2.23. The molecule has 1 N–H and O–H groups in total. The minimum Gasteiger partial charge on any atom is -0.314 e. The molecule has 0 saturated carbocycles. The fraction of sp³-hybridized carbons (Fsp3) is 0.647. The largest absolute Gasteiger partial charge is 0.314 e. The first-order chi connectivity index (χ1) is 8.40. The van der Waals surface area contributed by atoms with Crippen molar-refractivity contribution in [2.24, 2.45) is 11.8 Å². The topological polar surface area (TPSA) is 12.0 Å². The normalized spacial score (nSPS) is 13.3. The van der Waals surface area contributed by atoms with Gasteiger partial charge in [-0.05, 0) is 55.3 Å². The van der Waals surface area contributed by atoms with Crippen LogP contribution in [0.4, 0.5) is 0 Å². The average molecular weight is 247 g/mol. The summed E-state index contributed by atoms with van der Waals surface area (Å²) < 4.78 is 0. The van der Waals surface area contributed by atoms with Gasteiger partial charge in [0.2, 0.25) is 0 Å². The Bertz CT molecular complexity index is 366. The zero-order valence-corrected chi connectivity index (χ0v) is 12.9. The Morgan fingerprint density at radius 3 is 2.17 bits per heavy atom. The van der Waals surface area contributed by atoms with E-state index in [0.29, 0.717) is 6.04 Å². The van der Waals surface area contributed by atoms with Gasteiger partial charge in [-0.3, -0.25) is 0 Å². The van der Waals surface area contributed by atoms with E-state index in [1.807, 2.05) is 0 Å². The molecule has 1 atom stereocenters. The predicted molar refractivity (Wildman–Crippen MR) is 81.1 cm³/mol. The lowest BCUT2D eigenvalue weighted by molar-refractivity contribution is 0.349. The Kier molecular flexibility index (Phi) is 5.87. The van der Waals surface area contributed by atoms with E-state index in [9.17, 15) is 0 Å². The smallest absolute Gasteiger partial charge is 0.00104 e. The summed E-state index contributed by atoms with van der Waals surface area (Å²) in [5.74, 6) is 1.44. The van der Waals surface area contributed by atoms with Gasteiger partial charge in [0, 0.05) is 6.04 Å². The molecule has 0 aliphatic carbocycles. The SMILES string of the molecule is Cc1ccc(CC(CNC(C)C)C(C)C)cc1C. The van der Waals surface area contributed by atoms with Crippen molar-refractivity contribution in [3.8, 4) is 0 Å². The average Bonchev–Trinajstić information content (AvgIpc) is 2.28. The molecule has 102 valence electrons. The van der Waals surface area contributed by atoms with Crippen molar-refractivity contribution >= 4 is 0 Å². The summed E-state index contributed by atoms with van der Waals surface area (Å²) in [6, 6.07) is 7.46. The Balaban J connectivity index is 2.67. The first-order valence-corrected chi connectivity index (χ1v) is 7.19. The molecular weight excluding hydrogens is 218 g/mol. The minimum atomic E-state index is 0.575. The maximum atomic E-state index is 3.57. The third-order valence-corrected chi connectivity index (χ3v) is 3.80. The van der Waals surface area contributed by atoms with Crippen molar-refractivity contribution in [3.63, 3.8) is 0 Å². The van der Waals surface area contributed by atoms with Crippen molar-refractivity contribution in [3.05, 3.63) is 34.9 Å². The van der Waals surface area contributed by atoms with Crippen molar-refractivity contribution < 1.29 is 0 Å². The third-order valence-electron chi connectivity index (χ3n) is 3.80. The minimum absolute atomic E-state index is 0.575. The summed E-state index contributed by atoms with van der Waals surface area (Å²) in [5.41, 5.74) is 4.27. The number of benzene rings is 1. The van der Waals surface area contributed by atoms with Crippen LogP contribution in [-0.2, 0) is 6.42 Å². The van der Waals surface area contributed by atoms with Crippen LogP contribution in [0.2, 0.25) is 0 Å². The van der Waals surface area contributed by atoms with Gasteiger partial charge >= 0.3 is 0 Å². The maximum absolute atomic E-state index is 3.57. The van der Waals surface area contributed by atoms with Crippen LogP contribution in [-0.4, -0.2) is 12.6 Å². The van der Waals surface area contributed by atoms with Gasteiger partial charge in [-0.15, -0.1) is 0 Å². The predicted octanol–water partition coefficient (Wildman–Crippen LogP) is 4.12. The quantitative estimate of drug-likeness (QED) is 0.797. The van der Waals surface area contributed by atoms with Crippen molar-refractivity contribution in [2.45, 2.75) is 54.0 Å². The molecule has 1 unspecified atom stereocenters. The second-order valence-corrected chi connectivity index (χ2v) is 6.19. The van der Waals surface area contributed by atoms with Gasteiger partial charge in [0.15, 0.2) is 0 Å². The van der Waals surface area contributed by atoms with Gasteiger partial charge in [0.25, 0.3) is 0 Å². The maximum Gasteiger partial charge on any atom is 0.00104 e. The molecule has 1 rings (SSSR count). The zero-order chi connectivity index (χ0) is 13.7. The van der Waals surface area contributed by atoms with Crippen LogP contribution in [0.3, 0.4) is 0 Å². The van der Waals surface area contributed by atoms with Gasteiger partial charge in [-0.25, -0.2) is 0 Å². The number of hydrogen-bond donors (Lipinski definition) is 1. The van der Waals surface area contributed by atoms with Crippen molar-refractivity contribution in [2.75, 3.05) is 6.54 Å². The highest BCUT2D eigenvalue weighted by atomic mass is 14.9. The highest BCUT2D eigenvalue weighted by Crippen LogP contribution is 2.19. The van der Waals surface area contributed by atoms with E-state index in [-0.39, 0.29) is 0 Å². The van der Waals surface area contributed by atoms with Gasteiger partial charge < -0.3 is 5.32 Å². The lowest BCUT2D eigenvalue weighted by Crippen LogP contribution is -2.32. The second kappa shape index (κ2) is 6.94. The molecular formula is C17H29N. The van der Waals surface area contributed by atoms with Crippen LogP contribution in [0.25, 0.3) is 0 Å². The Hall–Kier alpha value is -0.820. The van der Waals surface area contributed by atoms with Crippen molar-refractivity contribution in [1.29, 1.82) is 0 Å². The van der Waals surface area contributed by atoms with E-state index in [0.717, 1.165) is 18.4 Å². The molecule has 0 aromatic heterocycles. The molecule has 0 fully saturated rings. The fourth-order valence-electron chi connectivity index (χ4n) is 2.16. The van der Waals surface area contributed by atoms with Crippen LogP contribution in [0.15, 0.2) is 18.2 Å². The van der Waals surface area contributed by atoms with E-state index >= 15 is 0 Å². The monoisotopic (exact) mass is 247 g/mol. The third kappa shape index (κ3) is 4.81. The Morgan fingerprint density at radius 1 is 1.00 bits per heavy atom. The summed E-state index contributed by atoms with van der Waals surface area (Å²) in [4.78, 5) is 0. The summed E-state index contributed by atoms with van der Waals surface area (Å²) >= 11 is 0. The van der Waals surface area contributed by atoms with E-state index in [2.05, 4.69) is 65.1 Å². The van der Waals surface area contributed by atoms with E-state index in [1.165, 1.54) is 23.1 Å². The molecule has 0 aliphatic rings. The molecule has 1 heteroatoms. The highest BCUT2D eigenvalue weighted by Gasteiger charge is 2.14. The highest BCUT2D eigenvalue weighted by molar-refractivity contribution is 5.30. The van der Waals surface area contributed by atoms with Crippen LogP contribution < -0.4 is 5.32 Å². The molecule has 1 aromatic rings. The van der Waals surface area contributed by atoms with Gasteiger partial charge in [-0.2, -0.15) is 0 Å². The first-order valence-electron chi connectivity index (χ1n) is 7.19. The van der Waals surface area contributed by atoms with Crippen LogP contribution >= 0.6 is 0 Å². The zero-order valence-electron chi connectivity index (χ0n) is 12.9. The number of rotatable bonds is 6. The molecule has 0 heterocycles. The van der Waals surface area contributed by atoms with Crippen LogP contribution in [0, 0.1) is 25.7 Å². The van der Waals surface area contributed by atoms with Crippen LogP contribution in [0.1, 0.15) is 44.4 Å². The molecule has 0 amide bonds. The number of aryl methyl sites for hydroxylation is 2. The molecule has 0 bridgehead atoms.